The Morgan fingerprint density at radius 2 is 1.69 bits per heavy atom. The standard InChI is InChI=1S/C19H20N2O5/c1-11(21-18(23)13-4-2-3-5-14(13)19(21)24)17(22)20-12-6-7-15-16(10-12)26-9-8-25-15/h2-3,6-7,10-11,13-14H,4-5,8-9H2,1H3,(H,20,22). The maximum absolute atomic E-state index is 12.6. The first-order valence-electron chi connectivity index (χ1n) is 8.78. The lowest BCUT2D eigenvalue weighted by molar-refractivity contribution is -0.146. The van der Waals surface area contributed by atoms with Gasteiger partial charge in [0.05, 0.1) is 11.8 Å². The fourth-order valence-electron chi connectivity index (χ4n) is 3.69. The van der Waals surface area contributed by atoms with Gasteiger partial charge in [-0.1, -0.05) is 12.2 Å². The van der Waals surface area contributed by atoms with Crippen LogP contribution in [0.5, 0.6) is 11.5 Å². The van der Waals surface area contributed by atoms with Crippen LogP contribution in [-0.4, -0.2) is 41.9 Å². The maximum Gasteiger partial charge on any atom is 0.247 e. The Kier molecular flexibility index (Phi) is 4.14. The number of hydrogen-bond donors (Lipinski definition) is 1. The number of benzene rings is 1. The third-order valence-electron chi connectivity index (χ3n) is 5.12. The van der Waals surface area contributed by atoms with Gasteiger partial charge in [-0.2, -0.15) is 0 Å². The molecule has 0 saturated carbocycles. The molecule has 7 nitrogen and oxygen atoms in total. The minimum Gasteiger partial charge on any atom is -0.486 e. The third-order valence-corrected chi connectivity index (χ3v) is 5.12. The second kappa shape index (κ2) is 6.48. The highest BCUT2D eigenvalue weighted by Gasteiger charge is 2.50. The lowest BCUT2D eigenvalue weighted by Gasteiger charge is -2.23. The number of carbonyl (C=O) groups is 3. The fourth-order valence-corrected chi connectivity index (χ4v) is 3.69. The van der Waals surface area contributed by atoms with E-state index < -0.39 is 11.9 Å². The number of rotatable bonds is 3. The molecule has 1 aromatic carbocycles. The van der Waals surface area contributed by atoms with Gasteiger partial charge in [0, 0.05) is 11.8 Å². The number of nitrogens with zero attached hydrogens (tertiary/aromatic N) is 1. The average Bonchev–Trinajstić information content (AvgIpc) is 2.92. The fraction of sp³-hybridized carbons (Fsp3) is 0.421. The molecule has 1 aliphatic carbocycles. The van der Waals surface area contributed by atoms with Crippen molar-refractivity contribution in [2.45, 2.75) is 25.8 Å². The molecule has 3 aliphatic rings. The van der Waals surface area contributed by atoms with E-state index in [0.29, 0.717) is 43.2 Å². The molecule has 3 atom stereocenters. The molecule has 0 spiro atoms. The Morgan fingerprint density at radius 1 is 1.08 bits per heavy atom. The van der Waals surface area contributed by atoms with E-state index in [1.165, 1.54) is 0 Å². The van der Waals surface area contributed by atoms with Gasteiger partial charge >= 0.3 is 0 Å². The first kappa shape index (κ1) is 16.6. The normalized spacial score (nSPS) is 25.0. The van der Waals surface area contributed by atoms with E-state index in [1.807, 2.05) is 12.2 Å². The number of hydrogen-bond acceptors (Lipinski definition) is 5. The van der Waals surface area contributed by atoms with E-state index in [4.69, 9.17) is 9.47 Å². The summed E-state index contributed by atoms with van der Waals surface area (Å²) in [6.07, 6.45) is 4.97. The topological polar surface area (TPSA) is 84.9 Å². The van der Waals surface area contributed by atoms with Crippen molar-refractivity contribution in [1.29, 1.82) is 0 Å². The van der Waals surface area contributed by atoms with Gasteiger partial charge in [0.25, 0.3) is 0 Å². The van der Waals surface area contributed by atoms with Gasteiger partial charge in [0.2, 0.25) is 17.7 Å². The number of nitrogens with one attached hydrogen (secondary N) is 1. The largest absolute Gasteiger partial charge is 0.486 e. The molecule has 1 aromatic rings. The van der Waals surface area contributed by atoms with Crippen molar-refractivity contribution in [3.05, 3.63) is 30.4 Å². The predicted molar refractivity (Wildman–Crippen MR) is 92.7 cm³/mol. The minimum absolute atomic E-state index is 0.255. The van der Waals surface area contributed by atoms with E-state index in [9.17, 15) is 14.4 Å². The Hall–Kier alpha value is -2.83. The van der Waals surface area contributed by atoms with E-state index in [2.05, 4.69) is 5.32 Å². The van der Waals surface area contributed by atoms with Crippen LogP contribution in [0.4, 0.5) is 5.69 Å². The van der Waals surface area contributed by atoms with Gasteiger partial charge in [0.15, 0.2) is 11.5 Å². The summed E-state index contributed by atoms with van der Waals surface area (Å²) in [5.74, 6) is -0.400. The zero-order chi connectivity index (χ0) is 18.3. The number of carbonyl (C=O) groups excluding carboxylic acids is 3. The molecular formula is C19H20N2O5. The van der Waals surface area contributed by atoms with Crippen LogP contribution >= 0.6 is 0 Å². The van der Waals surface area contributed by atoms with Crippen LogP contribution in [0.2, 0.25) is 0 Å². The quantitative estimate of drug-likeness (QED) is 0.659. The number of anilines is 1. The van der Waals surface area contributed by atoms with Crippen molar-refractivity contribution in [3.63, 3.8) is 0 Å². The van der Waals surface area contributed by atoms with Gasteiger partial charge in [-0.15, -0.1) is 0 Å². The molecule has 4 rings (SSSR count). The van der Waals surface area contributed by atoms with Crippen molar-refractivity contribution in [3.8, 4) is 11.5 Å². The second-order valence-corrected chi connectivity index (χ2v) is 6.73. The molecule has 2 aliphatic heterocycles. The van der Waals surface area contributed by atoms with Crippen LogP contribution in [0.15, 0.2) is 30.4 Å². The molecule has 3 amide bonds. The van der Waals surface area contributed by atoms with Crippen molar-refractivity contribution in [2.75, 3.05) is 18.5 Å². The summed E-state index contributed by atoms with van der Waals surface area (Å²) in [6.45, 7) is 2.52. The molecule has 1 N–H and O–H groups in total. The highest BCUT2D eigenvalue weighted by atomic mass is 16.6. The molecule has 136 valence electrons. The highest BCUT2D eigenvalue weighted by molar-refractivity contribution is 6.10. The lowest BCUT2D eigenvalue weighted by atomic mass is 9.85. The van der Waals surface area contributed by atoms with Crippen LogP contribution in [0.1, 0.15) is 19.8 Å². The van der Waals surface area contributed by atoms with Crippen molar-refractivity contribution in [2.24, 2.45) is 11.8 Å². The van der Waals surface area contributed by atoms with E-state index in [1.54, 1.807) is 25.1 Å². The van der Waals surface area contributed by atoms with Crippen LogP contribution in [0.3, 0.4) is 0 Å². The number of allylic oxidation sites excluding steroid dienone is 2. The van der Waals surface area contributed by atoms with Crippen LogP contribution in [0.25, 0.3) is 0 Å². The Balaban J connectivity index is 1.48. The number of ether oxygens (including phenoxy) is 2. The van der Waals surface area contributed by atoms with Crippen molar-refractivity contribution in [1.82, 2.24) is 4.90 Å². The molecule has 0 bridgehead atoms. The summed E-state index contributed by atoms with van der Waals surface area (Å²) in [4.78, 5) is 38.9. The number of fused-ring (bicyclic) bond motifs is 2. The first-order chi connectivity index (χ1) is 12.6. The highest BCUT2D eigenvalue weighted by Crippen LogP contribution is 2.36. The Morgan fingerprint density at radius 3 is 2.35 bits per heavy atom. The summed E-state index contributed by atoms with van der Waals surface area (Å²) in [5, 5.41) is 2.75. The molecular weight excluding hydrogens is 336 g/mol. The van der Waals surface area contributed by atoms with Gasteiger partial charge in [-0.25, -0.2) is 0 Å². The van der Waals surface area contributed by atoms with Crippen molar-refractivity contribution >= 4 is 23.4 Å². The average molecular weight is 356 g/mol. The molecule has 7 heteroatoms. The summed E-state index contributed by atoms with van der Waals surface area (Å²) in [6, 6.07) is 4.24. The molecule has 0 aromatic heterocycles. The van der Waals surface area contributed by atoms with Crippen molar-refractivity contribution < 1.29 is 23.9 Å². The monoisotopic (exact) mass is 356 g/mol. The van der Waals surface area contributed by atoms with Gasteiger partial charge < -0.3 is 14.8 Å². The molecule has 3 unspecified atom stereocenters. The number of likely N-dealkylation sites (tertiary alicyclic amines) is 1. The summed E-state index contributed by atoms with van der Waals surface area (Å²) in [5.41, 5.74) is 0.532. The molecule has 26 heavy (non-hydrogen) atoms. The van der Waals surface area contributed by atoms with Gasteiger partial charge in [-0.3, -0.25) is 19.3 Å². The second-order valence-electron chi connectivity index (χ2n) is 6.73. The van der Waals surface area contributed by atoms with Crippen LogP contribution < -0.4 is 14.8 Å². The number of amides is 3. The zero-order valence-electron chi connectivity index (χ0n) is 14.4. The number of imide groups is 1. The predicted octanol–water partition coefficient (Wildman–Crippen LogP) is 1.74. The minimum atomic E-state index is -0.867. The molecule has 1 saturated heterocycles. The van der Waals surface area contributed by atoms with Gasteiger partial charge in [-0.05, 0) is 31.9 Å². The molecule has 2 heterocycles. The Bertz CT molecular complexity index is 777. The van der Waals surface area contributed by atoms with E-state index in [-0.39, 0.29) is 23.7 Å². The SMILES string of the molecule is CC(C(=O)Nc1ccc2c(c1)OCCO2)N1C(=O)C2CC=CCC2C1=O. The smallest absolute Gasteiger partial charge is 0.247 e. The van der Waals surface area contributed by atoms with Crippen LogP contribution in [0, 0.1) is 11.8 Å². The summed E-state index contributed by atoms with van der Waals surface area (Å²) >= 11 is 0. The maximum atomic E-state index is 12.6. The third kappa shape index (κ3) is 2.73. The van der Waals surface area contributed by atoms with E-state index in [0.717, 1.165) is 4.90 Å². The van der Waals surface area contributed by atoms with E-state index >= 15 is 0 Å². The Labute approximate surface area is 150 Å². The lowest BCUT2D eigenvalue weighted by Crippen LogP contribution is -2.46. The summed E-state index contributed by atoms with van der Waals surface area (Å²) in [7, 11) is 0. The molecule has 0 radical (unpaired) electrons. The summed E-state index contributed by atoms with van der Waals surface area (Å²) < 4.78 is 11.0. The zero-order valence-corrected chi connectivity index (χ0v) is 14.4. The van der Waals surface area contributed by atoms with Crippen LogP contribution in [-0.2, 0) is 14.4 Å². The van der Waals surface area contributed by atoms with Gasteiger partial charge in [0.1, 0.15) is 19.3 Å². The molecule has 1 fully saturated rings. The first-order valence-corrected chi connectivity index (χ1v) is 8.78.